The Bertz CT molecular complexity index is 860. The Morgan fingerprint density at radius 3 is 2.63 bits per heavy atom. The van der Waals surface area contributed by atoms with Crippen molar-refractivity contribution < 1.29 is 22.7 Å². The van der Waals surface area contributed by atoms with Gasteiger partial charge >= 0.3 is 5.97 Å². The van der Waals surface area contributed by atoms with Crippen LogP contribution in [-0.4, -0.2) is 62.8 Å². The standard InChI is InChI=1S/C17H20ClN3O5S/c1-20(8-4-7-19)16(22)12-26-17(23)13-5-6-14(18)15(11-13)27(24,25)21-9-2-3-10-21/h5-6,11H,2-4,8-10,12H2,1H3. The van der Waals surface area contributed by atoms with E-state index in [1.165, 1.54) is 34.5 Å². The van der Waals surface area contributed by atoms with E-state index in [1.54, 1.807) is 0 Å². The minimum absolute atomic E-state index is 0.00958. The molecule has 0 radical (unpaired) electrons. The number of halogens is 1. The number of sulfonamides is 1. The Hall–Kier alpha value is -2.15. The van der Waals surface area contributed by atoms with Gasteiger partial charge in [0.2, 0.25) is 10.0 Å². The third kappa shape index (κ3) is 5.19. The SMILES string of the molecule is CN(CCC#N)C(=O)COC(=O)c1ccc(Cl)c(S(=O)(=O)N2CCCC2)c1. The van der Waals surface area contributed by atoms with Gasteiger partial charge in [0.1, 0.15) is 4.90 Å². The predicted octanol–water partition coefficient (Wildman–Crippen LogP) is 1.65. The minimum Gasteiger partial charge on any atom is -0.452 e. The molecule has 0 aliphatic carbocycles. The fourth-order valence-electron chi connectivity index (χ4n) is 2.56. The molecule has 1 aromatic rings. The molecule has 1 aliphatic rings. The van der Waals surface area contributed by atoms with Gasteiger partial charge in [0.25, 0.3) is 5.91 Å². The molecular weight excluding hydrogens is 394 g/mol. The largest absolute Gasteiger partial charge is 0.452 e. The van der Waals surface area contributed by atoms with Crippen LogP contribution in [-0.2, 0) is 19.6 Å². The molecule has 0 aromatic heterocycles. The Kier molecular flexibility index (Phi) is 7.18. The highest BCUT2D eigenvalue weighted by Crippen LogP contribution is 2.28. The van der Waals surface area contributed by atoms with Crippen LogP contribution < -0.4 is 0 Å². The van der Waals surface area contributed by atoms with Gasteiger partial charge in [0.15, 0.2) is 6.61 Å². The predicted molar refractivity (Wildman–Crippen MR) is 97.6 cm³/mol. The van der Waals surface area contributed by atoms with Crippen molar-refractivity contribution >= 4 is 33.5 Å². The number of benzene rings is 1. The van der Waals surface area contributed by atoms with Crippen LogP contribution in [0.4, 0.5) is 0 Å². The van der Waals surface area contributed by atoms with Gasteiger partial charge in [-0.3, -0.25) is 4.79 Å². The molecular formula is C17H20ClN3O5S. The third-order valence-corrected chi connectivity index (χ3v) is 6.54. The lowest BCUT2D eigenvalue weighted by Crippen LogP contribution is -2.32. The first kappa shape index (κ1) is 21.2. The zero-order chi connectivity index (χ0) is 20.0. The van der Waals surface area contributed by atoms with Gasteiger partial charge in [0, 0.05) is 26.7 Å². The number of ether oxygens (including phenoxy) is 1. The van der Waals surface area contributed by atoms with Gasteiger partial charge in [-0.1, -0.05) is 11.6 Å². The topological polar surface area (TPSA) is 108 Å². The van der Waals surface area contributed by atoms with Crippen molar-refractivity contribution in [2.45, 2.75) is 24.2 Å². The smallest absolute Gasteiger partial charge is 0.338 e. The first-order valence-electron chi connectivity index (χ1n) is 8.35. The van der Waals surface area contributed by atoms with Gasteiger partial charge in [-0.05, 0) is 31.0 Å². The summed E-state index contributed by atoms with van der Waals surface area (Å²) in [6, 6.07) is 5.75. The number of hydrogen-bond donors (Lipinski definition) is 0. The second-order valence-electron chi connectivity index (χ2n) is 6.06. The highest BCUT2D eigenvalue weighted by atomic mass is 35.5. The van der Waals surface area contributed by atoms with Crippen LogP contribution in [0.1, 0.15) is 29.6 Å². The van der Waals surface area contributed by atoms with Crippen LogP contribution in [0.15, 0.2) is 23.1 Å². The molecule has 1 amide bonds. The molecule has 1 saturated heterocycles. The summed E-state index contributed by atoms with van der Waals surface area (Å²) < 4.78 is 31.7. The highest BCUT2D eigenvalue weighted by molar-refractivity contribution is 7.89. The Morgan fingerprint density at radius 2 is 2.00 bits per heavy atom. The number of carbonyl (C=O) groups is 2. The molecule has 27 heavy (non-hydrogen) atoms. The summed E-state index contributed by atoms with van der Waals surface area (Å²) in [5.41, 5.74) is -0.00958. The lowest BCUT2D eigenvalue weighted by molar-refractivity contribution is -0.133. The Labute approximate surface area is 163 Å². The lowest BCUT2D eigenvalue weighted by atomic mass is 10.2. The zero-order valence-corrected chi connectivity index (χ0v) is 16.4. The number of hydrogen-bond acceptors (Lipinski definition) is 6. The number of amides is 1. The van der Waals surface area contributed by atoms with Crippen LogP contribution in [0.3, 0.4) is 0 Å². The van der Waals surface area contributed by atoms with Crippen LogP contribution in [0, 0.1) is 11.3 Å². The fourth-order valence-corrected chi connectivity index (χ4v) is 4.58. The van der Waals surface area contributed by atoms with Crippen molar-refractivity contribution in [1.82, 2.24) is 9.21 Å². The van der Waals surface area contributed by atoms with Crippen LogP contribution in [0.2, 0.25) is 5.02 Å². The average Bonchev–Trinajstić information content (AvgIpc) is 3.19. The van der Waals surface area contributed by atoms with Crippen LogP contribution in [0.25, 0.3) is 0 Å². The zero-order valence-electron chi connectivity index (χ0n) is 14.9. The van der Waals surface area contributed by atoms with Crippen molar-refractivity contribution in [2.24, 2.45) is 0 Å². The van der Waals surface area contributed by atoms with E-state index in [4.69, 9.17) is 21.6 Å². The molecule has 0 atom stereocenters. The van der Waals surface area contributed by atoms with Crippen LogP contribution >= 0.6 is 11.6 Å². The maximum Gasteiger partial charge on any atom is 0.338 e. The highest BCUT2D eigenvalue weighted by Gasteiger charge is 2.30. The second kappa shape index (κ2) is 9.17. The van der Waals surface area contributed by atoms with Crippen molar-refractivity contribution in [3.63, 3.8) is 0 Å². The molecule has 2 rings (SSSR count). The molecule has 10 heteroatoms. The molecule has 0 bridgehead atoms. The summed E-state index contributed by atoms with van der Waals surface area (Å²) in [6.45, 7) is 0.553. The number of likely N-dealkylation sites (N-methyl/N-ethyl adjacent to an activating group) is 1. The van der Waals surface area contributed by atoms with Crippen molar-refractivity contribution in [2.75, 3.05) is 33.3 Å². The summed E-state index contributed by atoms with van der Waals surface area (Å²) in [5, 5.41) is 8.54. The van der Waals surface area contributed by atoms with E-state index >= 15 is 0 Å². The molecule has 8 nitrogen and oxygen atoms in total. The maximum absolute atomic E-state index is 12.7. The summed E-state index contributed by atoms with van der Waals surface area (Å²) in [7, 11) is -2.30. The van der Waals surface area contributed by atoms with E-state index in [0.29, 0.717) is 13.1 Å². The lowest BCUT2D eigenvalue weighted by Gasteiger charge is -2.17. The van der Waals surface area contributed by atoms with E-state index in [9.17, 15) is 18.0 Å². The van der Waals surface area contributed by atoms with E-state index < -0.39 is 28.5 Å². The molecule has 0 N–H and O–H groups in total. The average molecular weight is 414 g/mol. The van der Waals surface area contributed by atoms with Crippen molar-refractivity contribution in [3.05, 3.63) is 28.8 Å². The maximum atomic E-state index is 12.7. The van der Waals surface area contributed by atoms with Crippen molar-refractivity contribution in [3.8, 4) is 6.07 Å². The molecule has 1 heterocycles. The van der Waals surface area contributed by atoms with Crippen LogP contribution in [0.5, 0.6) is 0 Å². The summed E-state index contributed by atoms with van der Waals surface area (Å²) >= 11 is 6.04. The number of esters is 1. The summed E-state index contributed by atoms with van der Waals surface area (Å²) in [5.74, 6) is -1.29. The number of carbonyl (C=O) groups excluding carboxylic acids is 2. The van der Waals surface area contributed by atoms with E-state index in [2.05, 4.69) is 0 Å². The molecule has 1 aliphatic heterocycles. The van der Waals surface area contributed by atoms with Crippen molar-refractivity contribution in [1.29, 1.82) is 5.26 Å². The Morgan fingerprint density at radius 1 is 1.33 bits per heavy atom. The van der Waals surface area contributed by atoms with E-state index in [-0.39, 0.29) is 28.4 Å². The molecule has 146 valence electrons. The van der Waals surface area contributed by atoms with E-state index in [1.807, 2.05) is 6.07 Å². The number of nitriles is 1. The Balaban J connectivity index is 2.09. The van der Waals surface area contributed by atoms with E-state index in [0.717, 1.165) is 12.8 Å². The van der Waals surface area contributed by atoms with Gasteiger partial charge < -0.3 is 9.64 Å². The summed E-state index contributed by atoms with van der Waals surface area (Å²) in [6.07, 6.45) is 1.73. The summed E-state index contributed by atoms with van der Waals surface area (Å²) in [4.78, 5) is 25.2. The van der Waals surface area contributed by atoms with Gasteiger partial charge in [-0.25, -0.2) is 13.2 Å². The van der Waals surface area contributed by atoms with Gasteiger partial charge in [-0.15, -0.1) is 0 Å². The number of nitrogens with zero attached hydrogens (tertiary/aromatic N) is 3. The monoisotopic (exact) mass is 413 g/mol. The molecule has 0 saturated carbocycles. The first-order chi connectivity index (χ1) is 12.8. The van der Waals surface area contributed by atoms with Gasteiger partial charge in [0.05, 0.1) is 23.1 Å². The van der Waals surface area contributed by atoms with Gasteiger partial charge in [-0.2, -0.15) is 9.57 Å². The minimum atomic E-state index is -3.79. The second-order valence-corrected chi connectivity index (χ2v) is 8.37. The molecule has 0 spiro atoms. The first-order valence-corrected chi connectivity index (χ1v) is 10.2. The number of rotatable bonds is 7. The fraction of sp³-hybridized carbons (Fsp3) is 0.471. The molecule has 0 unspecified atom stereocenters. The molecule has 1 aromatic carbocycles. The molecule has 1 fully saturated rings. The normalized spacial score (nSPS) is 14.6. The quantitative estimate of drug-likeness (QED) is 0.629. The third-order valence-electron chi connectivity index (χ3n) is 4.16.